The maximum absolute atomic E-state index is 12.0. The molecule has 0 radical (unpaired) electrons. The van der Waals surface area contributed by atoms with Crippen LogP contribution in [0.25, 0.3) is 0 Å². The first-order valence-corrected chi connectivity index (χ1v) is 6.42. The molecular formula is C10H16N4O2S. The molecule has 1 aliphatic heterocycles. The summed E-state index contributed by atoms with van der Waals surface area (Å²) in [6.45, 7) is 3.78. The Morgan fingerprint density at radius 3 is 2.71 bits per heavy atom. The van der Waals surface area contributed by atoms with Crippen molar-refractivity contribution in [3.63, 3.8) is 0 Å². The highest BCUT2D eigenvalue weighted by atomic mass is 32.1. The number of carbonyl (C=O) groups is 1. The maximum atomic E-state index is 12.0. The van der Waals surface area contributed by atoms with Crippen LogP contribution in [0.1, 0.15) is 10.5 Å². The Morgan fingerprint density at radius 1 is 1.47 bits per heavy atom. The zero-order chi connectivity index (χ0) is 12.3. The van der Waals surface area contributed by atoms with Gasteiger partial charge in [-0.1, -0.05) is 0 Å². The summed E-state index contributed by atoms with van der Waals surface area (Å²) in [5.74, 6) is -0.0541. The second kappa shape index (κ2) is 5.44. The summed E-state index contributed by atoms with van der Waals surface area (Å²) in [4.78, 5) is 19.9. The van der Waals surface area contributed by atoms with E-state index in [0.29, 0.717) is 30.5 Å². The Labute approximate surface area is 104 Å². The third-order valence-electron chi connectivity index (χ3n) is 2.82. The fourth-order valence-corrected chi connectivity index (χ4v) is 2.40. The monoisotopic (exact) mass is 256 g/mol. The number of rotatable bonds is 3. The predicted molar refractivity (Wildman–Crippen MR) is 66.0 cm³/mol. The molecule has 1 saturated heterocycles. The minimum atomic E-state index is -0.0541. The van der Waals surface area contributed by atoms with Crippen LogP contribution in [-0.4, -0.2) is 65.1 Å². The summed E-state index contributed by atoms with van der Waals surface area (Å²) in [7, 11) is 0. The van der Waals surface area contributed by atoms with Crippen molar-refractivity contribution in [3.8, 4) is 0 Å². The van der Waals surface area contributed by atoms with Gasteiger partial charge in [-0.05, 0) is 0 Å². The molecule has 1 aromatic heterocycles. The molecule has 17 heavy (non-hydrogen) atoms. The Kier molecular flexibility index (Phi) is 3.93. The summed E-state index contributed by atoms with van der Waals surface area (Å²) >= 11 is 1.28. The van der Waals surface area contributed by atoms with Crippen molar-refractivity contribution in [1.82, 2.24) is 14.8 Å². The van der Waals surface area contributed by atoms with Crippen LogP contribution in [0.3, 0.4) is 0 Å². The number of nitrogen functional groups attached to an aromatic ring is 1. The van der Waals surface area contributed by atoms with Gasteiger partial charge < -0.3 is 15.7 Å². The SMILES string of the molecule is Nc1nc(C(=O)N2CCN(CCO)CC2)cs1. The highest BCUT2D eigenvalue weighted by molar-refractivity contribution is 7.13. The number of aromatic nitrogens is 1. The van der Waals surface area contributed by atoms with Crippen molar-refractivity contribution in [2.75, 3.05) is 45.1 Å². The highest BCUT2D eigenvalue weighted by Gasteiger charge is 2.23. The molecule has 7 heteroatoms. The van der Waals surface area contributed by atoms with Crippen molar-refractivity contribution in [1.29, 1.82) is 0 Å². The van der Waals surface area contributed by atoms with Crippen LogP contribution in [0.5, 0.6) is 0 Å². The molecule has 1 aromatic rings. The zero-order valence-electron chi connectivity index (χ0n) is 9.50. The zero-order valence-corrected chi connectivity index (χ0v) is 10.3. The first-order chi connectivity index (χ1) is 8.20. The van der Waals surface area contributed by atoms with E-state index in [1.165, 1.54) is 11.3 Å². The number of hydrogen-bond donors (Lipinski definition) is 2. The molecule has 1 fully saturated rings. The number of β-amino-alcohol motifs (C(OH)–C–C–N with tert-alkyl or cyclic N) is 1. The van der Waals surface area contributed by atoms with Gasteiger partial charge in [0.1, 0.15) is 5.69 Å². The summed E-state index contributed by atoms with van der Waals surface area (Å²) < 4.78 is 0. The Balaban J connectivity index is 1.90. The number of nitrogens with zero attached hydrogens (tertiary/aromatic N) is 3. The average molecular weight is 256 g/mol. The molecule has 0 bridgehead atoms. The van der Waals surface area contributed by atoms with Gasteiger partial charge in [0.05, 0.1) is 6.61 Å². The van der Waals surface area contributed by atoms with Crippen LogP contribution in [0, 0.1) is 0 Å². The van der Waals surface area contributed by atoms with E-state index < -0.39 is 0 Å². The third kappa shape index (κ3) is 2.93. The van der Waals surface area contributed by atoms with Crippen LogP contribution in [-0.2, 0) is 0 Å². The summed E-state index contributed by atoms with van der Waals surface area (Å²) in [5.41, 5.74) is 5.94. The first kappa shape index (κ1) is 12.3. The van der Waals surface area contributed by atoms with Gasteiger partial charge in [-0.3, -0.25) is 9.69 Å². The summed E-state index contributed by atoms with van der Waals surface area (Å²) in [6.07, 6.45) is 0. The van der Waals surface area contributed by atoms with Crippen LogP contribution >= 0.6 is 11.3 Å². The van der Waals surface area contributed by atoms with Gasteiger partial charge in [0.25, 0.3) is 5.91 Å². The fraction of sp³-hybridized carbons (Fsp3) is 0.600. The minimum absolute atomic E-state index is 0.0541. The van der Waals surface area contributed by atoms with Crippen molar-refractivity contribution >= 4 is 22.4 Å². The van der Waals surface area contributed by atoms with Gasteiger partial charge in [0.15, 0.2) is 5.13 Å². The second-order valence-electron chi connectivity index (χ2n) is 3.93. The molecule has 0 aliphatic carbocycles. The number of carbonyl (C=O) groups excluding carboxylic acids is 1. The second-order valence-corrected chi connectivity index (χ2v) is 4.82. The fourth-order valence-electron chi connectivity index (χ4n) is 1.86. The lowest BCUT2D eigenvalue weighted by molar-refractivity contribution is 0.0610. The summed E-state index contributed by atoms with van der Waals surface area (Å²) in [5, 5.41) is 10.9. The van der Waals surface area contributed by atoms with Gasteiger partial charge in [0, 0.05) is 38.1 Å². The third-order valence-corrected chi connectivity index (χ3v) is 3.49. The number of nitrogens with two attached hydrogens (primary N) is 1. The van der Waals surface area contributed by atoms with Crippen LogP contribution < -0.4 is 5.73 Å². The van der Waals surface area contributed by atoms with Crippen molar-refractivity contribution in [2.45, 2.75) is 0 Å². The number of thiazole rings is 1. The molecule has 1 amide bonds. The van der Waals surface area contributed by atoms with Crippen molar-refractivity contribution in [2.24, 2.45) is 0 Å². The Bertz CT molecular complexity index is 387. The van der Waals surface area contributed by atoms with Crippen molar-refractivity contribution < 1.29 is 9.90 Å². The van der Waals surface area contributed by atoms with Gasteiger partial charge >= 0.3 is 0 Å². The largest absolute Gasteiger partial charge is 0.395 e. The highest BCUT2D eigenvalue weighted by Crippen LogP contribution is 2.14. The molecule has 6 nitrogen and oxygen atoms in total. The molecule has 94 valence electrons. The topological polar surface area (TPSA) is 82.7 Å². The normalized spacial score (nSPS) is 17.4. The van der Waals surface area contributed by atoms with Gasteiger partial charge in [-0.15, -0.1) is 11.3 Å². The molecular weight excluding hydrogens is 240 g/mol. The lowest BCUT2D eigenvalue weighted by Gasteiger charge is -2.33. The lowest BCUT2D eigenvalue weighted by atomic mass is 10.3. The minimum Gasteiger partial charge on any atom is -0.395 e. The number of aliphatic hydroxyl groups excluding tert-OH is 1. The average Bonchev–Trinajstić information content (AvgIpc) is 2.76. The Morgan fingerprint density at radius 2 is 2.18 bits per heavy atom. The molecule has 0 unspecified atom stereocenters. The molecule has 1 aliphatic rings. The number of hydrogen-bond acceptors (Lipinski definition) is 6. The predicted octanol–water partition coefficient (Wildman–Crippen LogP) is -0.525. The first-order valence-electron chi connectivity index (χ1n) is 5.54. The van der Waals surface area contributed by atoms with E-state index in [9.17, 15) is 4.79 Å². The van der Waals surface area contributed by atoms with Crippen LogP contribution in [0.15, 0.2) is 5.38 Å². The molecule has 3 N–H and O–H groups in total. The van der Waals surface area contributed by atoms with Gasteiger partial charge in [0.2, 0.25) is 0 Å². The van der Waals surface area contributed by atoms with E-state index in [4.69, 9.17) is 10.8 Å². The molecule has 2 heterocycles. The van der Waals surface area contributed by atoms with E-state index in [0.717, 1.165) is 13.1 Å². The smallest absolute Gasteiger partial charge is 0.273 e. The number of amides is 1. The summed E-state index contributed by atoms with van der Waals surface area (Å²) in [6, 6.07) is 0. The molecule has 0 aromatic carbocycles. The van der Waals surface area contributed by atoms with Gasteiger partial charge in [-0.2, -0.15) is 0 Å². The number of anilines is 1. The molecule has 2 rings (SSSR count). The molecule has 0 spiro atoms. The molecule has 0 saturated carbocycles. The van der Waals surface area contributed by atoms with E-state index >= 15 is 0 Å². The quantitative estimate of drug-likeness (QED) is 0.760. The Hall–Kier alpha value is -1.18. The van der Waals surface area contributed by atoms with E-state index in [2.05, 4.69) is 9.88 Å². The maximum Gasteiger partial charge on any atom is 0.273 e. The molecule has 0 atom stereocenters. The lowest BCUT2D eigenvalue weighted by Crippen LogP contribution is -2.49. The van der Waals surface area contributed by atoms with Crippen molar-refractivity contribution in [3.05, 3.63) is 11.1 Å². The van der Waals surface area contributed by atoms with E-state index in [1.54, 1.807) is 10.3 Å². The van der Waals surface area contributed by atoms with Crippen LogP contribution in [0.4, 0.5) is 5.13 Å². The number of aliphatic hydroxyl groups is 1. The van der Waals surface area contributed by atoms with E-state index in [1.807, 2.05) is 0 Å². The van der Waals surface area contributed by atoms with E-state index in [-0.39, 0.29) is 12.5 Å². The standard InChI is InChI=1S/C10H16N4O2S/c11-10-12-8(7-17-10)9(16)14-3-1-13(2-4-14)5-6-15/h7,15H,1-6H2,(H2,11,12). The number of piperazine rings is 1. The van der Waals surface area contributed by atoms with Crippen LogP contribution in [0.2, 0.25) is 0 Å². The van der Waals surface area contributed by atoms with Gasteiger partial charge in [-0.25, -0.2) is 4.98 Å².